The van der Waals surface area contributed by atoms with Crippen LogP contribution in [0.25, 0.3) is 0 Å². The number of amides is 2. The van der Waals surface area contributed by atoms with Gasteiger partial charge in [0.1, 0.15) is 5.75 Å². The molecule has 7 rings (SSSR count). The zero-order valence-electron chi connectivity index (χ0n) is 27.7. The van der Waals surface area contributed by atoms with Crippen molar-refractivity contribution in [2.24, 2.45) is 17.8 Å². The Labute approximate surface area is 297 Å². The van der Waals surface area contributed by atoms with Crippen molar-refractivity contribution in [2.75, 3.05) is 6.61 Å². The number of allylic oxidation sites excluding steroid dienone is 1. The van der Waals surface area contributed by atoms with Gasteiger partial charge in [0.15, 0.2) is 0 Å². The van der Waals surface area contributed by atoms with E-state index >= 15 is 0 Å². The van der Waals surface area contributed by atoms with Crippen molar-refractivity contribution >= 4 is 60.6 Å². The molecule has 3 aromatic carbocycles. The molecule has 7 nitrogen and oxygen atoms in total. The molecule has 0 saturated carbocycles. The number of fused-ring (bicyclic) bond motifs is 3. The Kier molecular flexibility index (Phi) is 9.23. The number of carbonyl (C=O) groups is 2. The first-order valence-corrected chi connectivity index (χ1v) is 19.8. The number of likely N-dealkylation sites (tertiary alicyclic amines) is 1. The van der Waals surface area contributed by atoms with Gasteiger partial charge in [0.25, 0.3) is 8.32 Å². The van der Waals surface area contributed by atoms with Gasteiger partial charge < -0.3 is 19.2 Å². The Morgan fingerprint density at radius 2 is 1.63 bits per heavy atom. The van der Waals surface area contributed by atoms with Crippen LogP contribution in [-0.2, 0) is 25.2 Å². The molecule has 1 aromatic heterocycles. The lowest BCUT2D eigenvalue weighted by Crippen LogP contribution is -2.66. The van der Waals surface area contributed by atoms with Gasteiger partial charge in [-0.3, -0.25) is 14.5 Å². The molecule has 4 aromatic rings. The summed E-state index contributed by atoms with van der Waals surface area (Å²) in [5.74, 6) is -2.09. The Bertz CT molecular complexity index is 1840. The fraction of sp³-hybridized carbons (Fsp3) is 0.316. The average Bonchev–Trinajstić information content (AvgIpc) is 3.68. The highest BCUT2D eigenvalue weighted by Crippen LogP contribution is 2.52. The first kappa shape index (κ1) is 34.0. The van der Waals surface area contributed by atoms with Crippen molar-refractivity contribution in [2.45, 2.75) is 51.3 Å². The van der Waals surface area contributed by atoms with Crippen molar-refractivity contribution in [1.29, 1.82) is 0 Å². The molecule has 0 bridgehead atoms. The highest BCUT2D eigenvalue weighted by atomic mass is 35.5. The van der Waals surface area contributed by atoms with Crippen molar-refractivity contribution in [1.82, 2.24) is 4.90 Å². The second-order valence-electron chi connectivity index (χ2n) is 14.2. The minimum atomic E-state index is -2.97. The summed E-state index contributed by atoms with van der Waals surface area (Å²) in [4.78, 5) is 30.7. The number of thiophene rings is 1. The lowest BCUT2D eigenvalue weighted by Gasteiger charge is -2.45. The van der Waals surface area contributed by atoms with E-state index in [1.165, 1.54) is 28.4 Å². The SMILES string of the molecule is CC(C)(C)[Si](OCC1=C2B(O)O[C@H](c3ccc(O)cc3Cl)C[C@H]2[C@H]2C(=O)N(Cc3cccs3)C(=O)[C@H]2C1)(c1ccccc1)c1ccccc1. The number of phenols is 1. The maximum absolute atomic E-state index is 14.2. The maximum Gasteiger partial charge on any atom is 0.487 e. The van der Waals surface area contributed by atoms with Gasteiger partial charge in [-0.25, -0.2) is 0 Å². The van der Waals surface area contributed by atoms with Gasteiger partial charge in [0.2, 0.25) is 11.8 Å². The molecule has 0 radical (unpaired) electrons. The number of nitrogens with zero attached hydrogens (tertiary/aromatic N) is 1. The molecule has 3 heterocycles. The van der Waals surface area contributed by atoms with Crippen molar-refractivity contribution < 1.29 is 28.8 Å². The van der Waals surface area contributed by atoms with Crippen LogP contribution in [-0.4, -0.2) is 48.9 Å². The van der Waals surface area contributed by atoms with Crippen molar-refractivity contribution in [3.63, 3.8) is 0 Å². The third kappa shape index (κ3) is 6.02. The molecule has 0 spiro atoms. The molecule has 49 heavy (non-hydrogen) atoms. The number of benzene rings is 3. The van der Waals surface area contributed by atoms with E-state index in [2.05, 4.69) is 45.0 Å². The van der Waals surface area contributed by atoms with Crippen molar-refractivity contribution in [3.8, 4) is 5.75 Å². The van der Waals surface area contributed by atoms with E-state index in [0.29, 0.717) is 28.9 Å². The number of carbonyl (C=O) groups excluding carboxylic acids is 2. The summed E-state index contributed by atoms with van der Waals surface area (Å²) in [6.07, 6.45) is -0.0126. The lowest BCUT2D eigenvalue weighted by molar-refractivity contribution is -0.140. The van der Waals surface area contributed by atoms with Crippen LogP contribution in [0.1, 0.15) is 50.2 Å². The number of hydrogen-bond donors (Lipinski definition) is 2. The molecule has 2 amide bonds. The van der Waals surface area contributed by atoms with Gasteiger partial charge >= 0.3 is 7.12 Å². The van der Waals surface area contributed by atoms with Crippen LogP contribution in [0.5, 0.6) is 5.75 Å². The standard InChI is InChI=1S/C38H39BClNO6SSi/c1-38(2,3)49(27-12-6-4-7-13-27,28-14-8-5-9-15-28)46-23-24-19-31-34(37(44)41(36(31)43)22-26-11-10-18-48-26)30-21-33(47-39(45)35(24)30)29-17-16-25(42)20-32(29)40/h4-18,20,30-31,33-34,42,45H,19,21-23H2,1-3H3/t30-,31-,33-,34+/m0/s1. The molecule has 252 valence electrons. The summed E-state index contributed by atoms with van der Waals surface area (Å²) in [5.41, 5.74) is 2.04. The Morgan fingerprint density at radius 1 is 0.959 bits per heavy atom. The van der Waals surface area contributed by atoms with Crippen LogP contribution in [0.15, 0.2) is 107 Å². The molecule has 2 N–H and O–H groups in total. The minimum absolute atomic E-state index is 0.0203. The largest absolute Gasteiger partial charge is 0.508 e. The first-order chi connectivity index (χ1) is 23.5. The van der Waals surface area contributed by atoms with E-state index in [-0.39, 0.29) is 35.8 Å². The topological polar surface area (TPSA) is 96.3 Å². The Balaban J connectivity index is 1.31. The molecule has 4 atom stereocenters. The summed E-state index contributed by atoms with van der Waals surface area (Å²) in [5, 5.41) is 26.0. The highest BCUT2D eigenvalue weighted by molar-refractivity contribution is 7.09. The second kappa shape index (κ2) is 13.3. The second-order valence-corrected chi connectivity index (χ2v) is 20.0. The monoisotopic (exact) mass is 711 g/mol. The van der Waals surface area contributed by atoms with Crippen LogP contribution in [0, 0.1) is 17.8 Å². The summed E-state index contributed by atoms with van der Waals surface area (Å²) in [6, 6.07) is 29.2. The van der Waals surface area contributed by atoms with Gasteiger partial charge in [0, 0.05) is 9.90 Å². The maximum atomic E-state index is 14.2. The Morgan fingerprint density at radius 3 is 2.22 bits per heavy atom. The van der Waals surface area contributed by atoms with E-state index in [0.717, 1.165) is 20.8 Å². The molecule has 3 aliphatic rings. The molecule has 2 fully saturated rings. The number of rotatable bonds is 8. The zero-order chi connectivity index (χ0) is 34.5. The van der Waals surface area contributed by atoms with Gasteiger partial charge in [-0.05, 0) is 74.4 Å². The summed E-state index contributed by atoms with van der Waals surface area (Å²) < 4.78 is 13.6. The van der Waals surface area contributed by atoms with E-state index in [1.807, 2.05) is 53.9 Å². The fourth-order valence-electron chi connectivity index (χ4n) is 8.26. The number of aromatic hydroxyl groups is 1. The van der Waals surface area contributed by atoms with Crippen LogP contribution >= 0.6 is 22.9 Å². The van der Waals surface area contributed by atoms with E-state index in [9.17, 15) is 19.7 Å². The van der Waals surface area contributed by atoms with Gasteiger partial charge in [-0.15, -0.1) is 11.3 Å². The van der Waals surface area contributed by atoms with Crippen LogP contribution in [0.3, 0.4) is 0 Å². The van der Waals surface area contributed by atoms with Crippen LogP contribution < -0.4 is 10.4 Å². The third-order valence-electron chi connectivity index (χ3n) is 10.4. The molecular formula is C38H39BClNO6SSi. The van der Waals surface area contributed by atoms with Crippen molar-refractivity contribution in [3.05, 3.63) is 123 Å². The number of phenolic OH excluding ortho intramolecular Hbond substituents is 1. The normalized spacial score (nSPS) is 22.8. The summed E-state index contributed by atoms with van der Waals surface area (Å²) >= 11 is 8.08. The van der Waals surface area contributed by atoms with E-state index in [1.54, 1.807) is 6.07 Å². The van der Waals surface area contributed by atoms with Gasteiger partial charge in [-0.1, -0.05) is 105 Å². The fourth-order valence-corrected chi connectivity index (χ4v) is 13.8. The smallest absolute Gasteiger partial charge is 0.487 e. The van der Waals surface area contributed by atoms with Crippen LogP contribution in [0.2, 0.25) is 10.1 Å². The summed E-state index contributed by atoms with van der Waals surface area (Å²) in [6.45, 7) is 7.04. The molecular weight excluding hydrogens is 673 g/mol. The minimum Gasteiger partial charge on any atom is -0.508 e. The molecule has 2 aliphatic heterocycles. The third-order valence-corrected chi connectivity index (χ3v) is 16.6. The molecule has 0 unspecified atom stereocenters. The van der Waals surface area contributed by atoms with Gasteiger partial charge in [-0.2, -0.15) is 0 Å². The predicted molar refractivity (Wildman–Crippen MR) is 195 cm³/mol. The van der Waals surface area contributed by atoms with Crippen LogP contribution in [0.4, 0.5) is 0 Å². The first-order valence-electron chi connectivity index (χ1n) is 16.7. The molecule has 11 heteroatoms. The predicted octanol–water partition coefficient (Wildman–Crippen LogP) is 6.28. The molecule has 1 aliphatic carbocycles. The number of hydrogen-bond acceptors (Lipinski definition) is 7. The zero-order valence-corrected chi connectivity index (χ0v) is 30.3. The lowest BCUT2D eigenvalue weighted by atomic mass is 9.55. The number of imide groups is 1. The summed E-state index contributed by atoms with van der Waals surface area (Å²) in [7, 11) is -4.30. The van der Waals surface area contributed by atoms with Gasteiger partial charge in [0.05, 0.1) is 31.1 Å². The highest BCUT2D eigenvalue weighted by Gasteiger charge is 2.58. The van der Waals surface area contributed by atoms with E-state index in [4.69, 9.17) is 20.7 Å². The Hall–Kier alpha value is -3.51. The molecule has 2 saturated heterocycles. The van der Waals surface area contributed by atoms with E-state index < -0.39 is 39.3 Å². The number of halogens is 1. The average molecular weight is 712 g/mol. The quantitative estimate of drug-likeness (QED) is 0.165.